The molecule has 2 rings (SSSR count). The van der Waals surface area contributed by atoms with E-state index in [9.17, 15) is 0 Å². The first-order valence-corrected chi connectivity index (χ1v) is 3.97. The number of terminal acetylenes is 1. The van der Waals surface area contributed by atoms with Crippen LogP contribution in [0.25, 0.3) is 11.3 Å². The zero-order chi connectivity index (χ0) is 9.10. The summed E-state index contributed by atoms with van der Waals surface area (Å²) in [7, 11) is 0. The van der Waals surface area contributed by atoms with Gasteiger partial charge in [0.05, 0.1) is 5.69 Å². The van der Waals surface area contributed by atoms with E-state index in [0.29, 0.717) is 5.69 Å². The summed E-state index contributed by atoms with van der Waals surface area (Å²) < 4.78 is 0. The van der Waals surface area contributed by atoms with E-state index in [2.05, 4.69) is 16.1 Å². The highest BCUT2D eigenvalue weighted by Gasteiger charge is 2.00. The Hall–Kier alpha value is -2.01. The van der Waals surface area contributed by atoms with Crippen LogP contribution in [-0.2, 0) is 0 Å². The van der Waals surface area contributed by atoms with Crippen molar-refractivity contribution in [2.45, 2.75) is 0 Å². The first kappa shape index (κ1) is 7.63. The van der Waals surface area contributed by atoms with E-state index in [1.807, 2.05) is 36.4 Å². The average Bonchev–Trinajstić information content (AvgIpc) is 2.67. The van der Waals surface area contributed by atoms with Gasteiger partial charge in [0.25, 0.3) is 0 Å². The Morgan fingerprint density at radius 3 is 2.62 bits per heavy atom. The number of aromatic nitrogens is 2. The number of benzene rings is 1. The van der Waals surface area contributed by atoms with Crippen LogP contribution in [0.4, 0.5) is 0 Å². The molecule has 1 aromatic heterocycles. The molecule has 0 unspecified atom stereocenters. The van der Waals surface area contributed by atoms with Crippen molar-refractivity contribution in [2.24, 2.45) is 0 Å². The van der Waals surface area contributed by atoms with E-state index in [1.165, 1.54) is 0 Å². The molecule has 0 aliphatic heterocycles. The standard InChI is InChI=1S/C11H8N2/c1-2-10-8-11(13-12-10)9-6-4-3-5-7-9/h1,3-8H,(H,12,13). The van der Waals surface area contributed by atoms with Crippen molar-refractivity contribution >= 4 is 0 Å². The van der Waals surface area contributed by atoms with Crippen molar-refractivity contribution < 1.29 is 0 Å². The van der Waals surface area contributed by atoms with Crippen molar-refractivity contribution in [1.29, 1.82) is 0 Å². The van der Waals surface area contributed by atoms with Crippen LogP contribution in [0.5, 0.6) is 0 Å². The molecule has 0 spiro atoms. The lowest BCUT2D eigenvalue weighted by Crippen LogP contribution is -1.75. The average molecular weight is 168 g/mol. The predicted octanol–water partition coefficient (Wildman–Crippen LogP) is 2.06. The number of nitrogens with zero attached hydrogens (tertiary/aromatic N) is 1. The highest BCUT2D eigenvalue weighted by atomic mass is 15.1. The molecule has 1 N–H and O–H groups in total. The van der Waals surface area contributed by atoms with Crippen molar-refractivity contribution in [3.05, 3.63) is 42.1 Å². The molecule has 0 bridgehead atoms. The van der Waals surface area contributed by atoms with Crippen molar-refractivity contribution in [2.75, 3.05) is 0 Å². The van der Waals surface area contributed by atoms with E-state index in [0.717, 1.165) is 11.3 Å². The fraction of sp³-hybridized carbons (Fsp3) is 0. The highest BCUT2D eigenvalue weighted by molar-refractivity contribution is 5.59. The van der Waals surface area contributed by atoms with E-state index in [4.69, 9.17) is 6.42 Å². The lowest BCUT2D eigenvalue weighted by molar-refractivity contribution is 1.08. The molecular formula is C11H8N2. The molecule has 0 saturated heterocycles. The fourth-order valence-corrected chi connectivity index (χ4v) is 1.15. The molecule has 62 valence electrons. The van der Waals surface area contributed by atoms with Crippen molar-refractivity contribution in [3.63, 3.8) is 0 Å². The molecule has 0 aliphatic rings. The molecule has 1 aromatic carbocycles. The molecule has 13 heavy (non-hydrogen) atoms. The van der Waals surface area contributed by atoms with Crippen molar-refractivity contribution in [3.8, 4) is 23.6 Å². The van der Waals surface area contributed by atoms with Crippen LogP contribution < -0.4 is 0 Å². The summed E-state index contributed by atoms with van der Waals surface area (Å²) in [5.41, 5.74) is 2.66. The number of aromatic amines is 1. The molecule has 2 aromatic rings. The summed E-state index contributed by atoms with van der Waals surface area (Å²) in [6.07, 6.45) is 5.22. The molecule has 0 saturated carbocycles. The molecule has 0 radical (unpaired) electrons. The molecule has 0 aliphatic carbocycles. The highest BCUT2D eigenvalue weighted by Crippen LogP contribution is 2.15. The maximum Gasteiger partial charge on any atom is 0.108 e. The summed E-state index contributed by atoms with van der Waals surface area (Å²) in [4.78, 5) is 0. The second-order valence-corrected chi connectivity index (χ2v) is 2.68. The largest absolute Gasteiger partial charge is 0.269 e. The quantitative estimate of drug-likeness (QED) is 0.649. The van der Waals surface area contributed by atoms with E-state index >= 15 is 0 Å². The second kappa shape index (κ2) is 3.16. The Balaban J connectivity index is 2.43. The van der Waals surface area contributed by atoms with Gasteiger partial charge < -0.3 is 0 Å². The topological polar surface area (TPSA) is 28.7 Å². The number of hydrogen-bond acceptors (Lipinski definition) is 1. The second-order valence-electron chi connectivity index (χ2n) is 2.68. The number of rotatable bonds is 1. The van der Waals surface area contributed by atoms with Crippen LogP contribution in [0, 0.1) is 12.3 Å². The van der Waals surface area contributed by atoms with Gasteiger partial charge in [0.1, 0.15) is 5.69 Å². The maximum absolute atomic E-state index is 5.22. The Kier molecular flexibility index (Phi) is 1.85. The van der Waals surface area contributed by atoms with Crippen LogP contribution in [0.15, 0.2) is 36.4 Å². The van der Waals surface area contributed by atoms with Gasteiger partial charge in [-0.1, -0.05) is 36.3 Å². The third kappa shape index (κ3) is 1.45. The third-order valence-corrected chi connectivity index (χ3v) is 1.80. The Labute approximate surface area is 76.6 Å². The molecule has 1 heterocycles. The molecule has 0 atom stereocenters. The number of hydrogen-bond donors (Lipinski definition) is 1. The van der Waals surface area contributed by atoms with Gasteiger partial charge in [0.2, 0.25) is 0 Å². The Bertz CT molecular complexity index is 435. The van der Waals surface area contributed by atoms with Gasteiger partial charge in [0, 0.05) is 5.56 Å². The number of nitrogens with one attached hydrogen (secondary N) is 1. The first-order valence-electron chi connectivity index (χ1n) is 3.97. The zero-order valence-electron chi connectivity index (χ0n) is 6.99. The summed E-state index contributed by atoms with van der Waals surface area (Å²) in [6.45, 7) is 0. The van der Waals surface area contributed by atoms with Crippen LogP contribution in [-0.4, -0.2) is 10.2 Å². The zero-order valence-corrected chi connectivity index (χ0v) is 6.99. The van der Waals surface area contributed by atoms with Crippen LogP contribution in [0.3, 0.4) is 0 Å². The van der Waals surface area contributed by atoms with Gasteiger partial charge in [-0.2, -0.15) is 5.10 Å². The van der Waals surface area contributed by atoms with Gasteiger partial charge in [0.15, 0.2) is 0 Å². The van der Waals surface area contributed by atoms with Gasteiger partial charge in [-0.05, 0) is 6.07 Å². The third-order valence-electron chi connectivity index (χ3n) is 1.80. The molecule has 2 nitrogen and oxygen atoms in total. The molecule has 0 fully saturated rings. The summed E-state index contributed by atoms with van der Waals surface area (Å²) in [6, 6.07) is 11.8. The maximum atomic E-state index is 5.22. The van der Waals surface area contributed by atoms with E-state index in [1.54, 1.807) is 0 Å². The number of H-pyrrole nitrogens is 1. The summed E-state index contributed by atoms with van der Waals surface area (Å²) in [5, 5.41) is 6.86. The minimum absolute atomic E-state index is 0.707. The normalized spacial score (nSPS) is 9.46. The van der Waals surface area contributed by atoms with Crippen LogP contribution in [0.1, 0.15) is 5.69 Å². The molecule has 2 heteroatoms. The van der Waals surface area contributed by atoms with Gasteiger partial charge >= 0.3 is 0 Å². The lowest BCUT2D eigenvalue weighted by atomic mass is 10.1. The minimum atomic E-state index is 0.707. The SMILES string of the molecule is C#Cc1cc(-c2ccccc2)n[nH]1. The Morgan fingerprint density at radius 2 is 2.00 bits per heavy atom. The lowest BCUT2D eigenvalue weighted by Gasteiger charge is -1.92. The predicted molar refractivity (Wildman–Crippen MR) is 52.0 cm³/mol. The summed E-state index contributed by atoms with van der Waals surface area (Å²) >= 11 is 0. The van der Waals surface area contributed by atoms with Gasteiger partial charge in [-0.3, -0.25) is 5.10 Å². The van der Waals surface area contributed by atoms with E-state index in [-0.39, 0.29) is 0 Å². The summed E-state index contributed by atoms with van der Waals surface area (Å²) in [5.74, 6) is 2.50. The molecular weight excluding hydrogens is 160 g/mol. The fourth-order valence-electron chi connectivity index (χ4n) is 1.15. The van der Waals surface area contributed by atoms with Gasteiger partial charge in [-0.25, -0.2) is 0 Å². The Morgan fingerprint density at radius 1 is 1.23 bits per heavy atom. The smallest absolute Gasteiger partial charge is 0.108 e. The monoisotopic (exact) mass is 168 g/mol. The van der Waals surface area contributed by atoms with E-state index < -0.39 is 0 Å². The van der Waals surface area contributed by atoms with Crippen LogP contribution in [0.2, 0.25) is 0 Å². The minimum Gasteiger partial charge on any atom is -0.269 e. The van der Waals surface area contributed by atoms with Gasteiger partial charge in [-0.15, -0.1) is 6.42 Å². The molecule has 0 amide bonds. The van der Waals surface area contributed by atoms with Crippen molar-refractivity contribution in [1.82, 2.24) is 10.2 Å². The first-order chi connectivity index (χ1) is 6.40. The van der Waals surface area contributed by atoms with Crippen LogP contribution >= 0.6 is 0 Å².